The van der Waals surface area contributed by atoms with Crippen LogP contribution in [-0.2, 0) is 6.42 Å². The number of halogens is 1. The van der Waals surface area contributed by atoms with Gasteiger partial charge < -0.3 is 4.98 Å². The standard InChI is InChI=1S/C17H12IN3O3S/c18-15-14(10-11-4-2-1-3-5-11)19-17(20-16(15)22)25-13-8-6-12(7-9-13)21(23)24/h1-9H,10H2,(H,19,20,22). The van der Waals surface area contributed by atoms with Gasteiger partial charge in [-0.25, -0.2) is 4.98 Å². The van der Waals surface area contributed by atoms with Crippen molar-refractivity contribution < 1.29 is 4.92 Å². The lowest BCUT2D eigenvalue weighted by Gasteiger charge is -2.07. The van der Waals surface area contributed by atoms with Gasteiger partial charge in [0.15, 0.2) is 5.16 Å². The number of nitro benzene ring substituents is 1. The number of rotatable bonds is 5. The molecule has 3 rings (SSSR count). The zero-order chi connectivity index (χ0) is 17.8. The molecule has 1 aromatic heterocycles. The van der Waals surface area contributed by atoms with Crippen LogP contribution in [0.4, 0.5) is 5.69 Å². The first-order valence-electron chi connectivity index (χ1n) is 7.28. The molecule has 0 spiro atoms. The zero-order valence-electron chi connectivity index (χ0n) is 12.8. The molecule has 0 aliphatic carbocycles. The fourth-order valence-electron chi connectivity index (χ4n) is 2.18. The summed E-state index contributed by atoms with van der Waals surface area (Å²) in [7, 11) is 0. The van der Waals surface area contributed by atoms with Crippen molar-refractivity contribution >= 4 is 40.0 Å². The predicted octanol–water partition coefficient (Wildman–Crippen LogP) is 4.02. The van der Waals surface area contributed by atoms with Gasteiger partial charge in [0.05, 0.1) is 10.6 Å². The maximum Gasteiger partial charge on any atom is 0.269 e. The number of hydrogen-bond donors (Lipinski definition) is 1. The van der Waals surface area contributed by atoms with E-state index in [1.165, 1.54) is 23.9 Å². The fraction of sp³-hybridized carbons (Fsp3) is 0.0588. The van der Waals surface area contributed by atoms with Gasteiger partial charge in [-0.1, -0.05) is 42.1 Å². The van der Waals surface area contributed by atoms with E-state index < -0.39 is 4.92 Å². The highest BCUT2D eigenvalue weighted by atomic mass is 127. The lowest BCUT2D eigenvalue weighted by Crippen LogP contribution is -2.16. The molecule has 0 unspecified atom stereocenters. The maximum atomic E-state index is 12.2. The van der Waals surface area contributed by atoms with Gasteiger partial charge in [-0.2, -0.15) is 0 Å². The van der Waals surface area contributed by atoms with E-state index in [-0.39, 0.29) is 11.2 Å². The van der Waals surface area contributed by atoms with Crippen LogP contribution in [0.2, 0.25) is 0 Å². The number of nitrogens with zero attached hydrogens (tertiary/aromatic N) is 2. The molecule has 0 bridgehead atoms. The Bertz CT molecular complexity index is 959. The number of benzene rings is 2. The van der Waals surface area contributed by atoms with Crippen molar-refractivity contribution in [1.82, 2.24) is 9.97 Å². The zero-order valence-corrected chi connectivity index (χ0v) is 15.8. The molecular weight excluding hydrogens is 453 g/mol. The minimum absolute atomic E-state index is 0.0261. The maximum absolute atomic E-state index is 12.2. The Balaban J connectivity index is 1.87. The van der Waals surface area contributed by atoms with Crippen LogP contribution < -0.4 is 5.56 Å². The Morgan fingerprint density at radius 1 is 1.12 bits per heavy atom. The quantitative estimate of drug-likeness (QED) is 0.266. The first kappa shape index (κ1) is 17.6. The Labute approximate surface area is 161 Å². The van der Waals surface area contributed by atoms with Crippen LogP contribution in [0.5, 0.6) is 0 Å². The summed E-state index contributed by atoms with van der Waals surface area (Å²) in [6.45, 7) is 0. The molecule has 1 heterocycles. The van der Waals surface area contributed by atoms with Gasteiger partial charge in [0.25, 0.3) is 11.2 Å². The molecule has 0 saturated heterocycles. The summed E-state index contributed by atoms with van der Waals surface area (Å²) in [6, 6.07) is 15.9. The number of nitro groups is 1. The minimum Gasteiger partial charge on any atom is -0.300 e. The number of hydrogen-bond acceptors (Lipinski definition) is 5. The third kappa shape index (κ3) is 4.45. The number of non-ortho nitro benzene ring substituents is 1. The SMILES string of the molecule is O=c1[nH]c(Sc2ccc([N+](=O)[O-])cc2)nc(Cc2ccccc2)c1I. The first-order valence-corrected chi connectivity index (χ1v) is 9.17. The Morgan fingerprint density at radius 2 is 1.80 bits per heavy atom. The number of nitrogens with one attached hydrogen (secondary N) is 1. The highest BCUT2D eigenvalue weighted by Gasteiger charge is 2.11. The fourth-order valence-corrected chi connectivity index (χ4v) is 3.43. The molecule has 2 aromatic carbocycles. The van der Waals surface area contributed by atoms with Crippen molar-refractivity contribution in [2.24, 2.45) is 0 Å². The summed E-state index contributed by atoms with van der Waals surface area (Å²) in [5, 5.41) is 11.2. The van der Waals surface area contributed by atoms with Gasteiger partial charge in [-0.15, -0.1) is 0 Å². The van der Waals surface area contributed by atoms with Crippen molar-refractivity contribution in [2.45, 2.75) is 16.5 Å². The molecular formula is C17H12IN3O3S. The van der Waals surface area contributed by atoms with Gasteiger partial charge in [-0.05, 0) is 40.3 Å². The van der Waals surface area contributed by atoms with E-state index in [9.17, 15) is 14.9 Å². The summed E-state index contributed by atoms with van der Waals surface area (Å²) >= 11 is 3.26. The number of aromatic nitrogens is 2. The summed E-state index contributed by atoms with van der Waals surface area (Å²) in [4.78, 5) is 30.5. The van der Waals surface area contributed by atoms with Crippen LogP contribution >= 0.6 is 34.4 Å². The summed E-state index contributed by atoms with van der Waals surface area (Å²) in [6.07, 6.45) is 0.566. The van der Waals surface area contributed by atoms with E-state index in [4.69, 9.17) is 0 Å². The van der Waals surface area contributed by atoms with Crippen LogP contribution in [0.3, 0.4) is 0 Å². The number of H-pyrrole nitrogens is 1. The smallest absolute Gasteiger partial charge is 0.269 e. The van der Waals surface area contributed by atoms with Gasteiger partial charge in [0.2, 0.25) is 0 Å². The van der Waals surface area contributed by atoms with E-state index in [1.807, 2.05) is 52.9 Å². The lowest BCUT2D eigenvalue weighted by molar-refractivity contribution is -0.384. The van der Waals surface area contributed by atoms with E-state index in [0.29, 0.717) is 20.8 Å². The second-order valence-corrected chi connectivity index (χ2v) is 7.29. The van der Waals surface area contributed by atoms with Crippen molar-refractivity contribution in [3.05, 3.63) is 89.9 Å². The average molecular weight is 465 g/mol. The Hall–Kier alpha value is -2.20. The molecule has 8 heteroatoms. The van der Waals surface area contributed by atoms with E-state index in [1.54, 1.807) is 12.1 Å². The van der Waals surface area contributed by atoms with Crippen LogP contribution in [0.15, 0.2) is 69.4 Å². The summed E-state index contributed by atoms with van der Waals surface area (Å²) in [5.74, 6) is 0. The van der Waals surface area contributed by atoms with Crippen LogP contribution in [-0.4, -0.2) is 14.9 Å². The molecule has 0 amide bonds. The number of aromatic amines is 1. The molecule has 3 aromatic rings. The molecule has 6 nitrogen and oxygen atoms in total. The molecule has 1 N–H and O–H groups in total. The van der Waals surface area contributed by atoms with E-state index in [2.05, 4.69) is 9.97 Å². The second-order valence-electron chi connectivity index (χ2n) is 5.15. The molecule has 0 aliphatic rings. The summed E-state index contributed by atoms with van der Waals surface area (Å²) in [5.41, 5.74) is 1.62. The van der Waals surface area contributed by atoms with Crippen molar-refractivity contribution in [3.8, 4) is 0 Å². The van der Waals surface area contributed by atoms with Gasteiger partial charge in [-0.3, -0.25) is 14.9 Å². The van der Waals surface area contributed by atoms with Crippen LogP contribution in [0, 0.1) is 13.7 Å². The van der Waals surface area contributed by atoms with E-state index in [0.717, 1.165) is 10.5 Å². The molecule has 0 fully saturated rings. The molecule has 126 valence electrons. The molecule has 0 radical (unpaired) electrons. The van der Waals surface area contributed by atoms with Crippen molar-refractivity contribution in [1.29, 1.82) is 0 Å². The predicted molar refractivity (Wildman–Crippen MR) is 104 cm³/mol. The Morgan fingerprint density at radius 3 is 2.44 bits per heavy atom. The average Bonchev–Trinajstić information content (AvgIpc) is 2.60. The van der Waals surface area contributed by atoms with Crippen LogP contribution in [0.1, 0.15) is 11.3 Å². The van der Waals surface area contributed by atoms with Gasteiger partial charge in [0.1, 0.15) is 3.57 Å². The highest BCUT2D eigenvalue weighted by molar-refractivity contribution is 14.1. The van der Waals surface area contributed by atoms with Gasteiger partial charge in [0, 0.05) is 23.4 Å². The highest BCUT2D eigenvalue weighted by Crippen LogP contribution is 2.26. The minimum atomic E-state index is -0.447. The molecule has 0 atom stereocenters. The van der Waals surface area contributed by atoms with Gasteiger partial charge >= 0.3 is 0 Å². The van der Waals surface area contributed by atoms with Crippen molar-refractivity contribution in [2.75, 3.05) is 0 Å². The first-order chi connectivity index (χ1) is 12.0. The van der Waals surface area contributed by atoms with Crippen molar-refractivity contribution in [3.63, 3.8) is 0 Å². The largest absolute Gasteiger partial charge is 0.300 e. The topological polar surface area (TPSA) is 88.9 Å². The lowest BCUT2D eigenvalue weighted by atomic mass is 10.1. The third-order valence-electron chi connectivity index (χ3n) is 3.39. The normalized spacial score (nSPS) is 10.6. The molecule has 25 heavy (non-hydrogen) atoms. The second kappa shape index (κ2) is 7.79. The third-order valence-corrected chi connectivity index (χ3v) is 5.39. The van der Waals surface area contributed by atoms with E-state index >= 15 is 0 Å². The molecule has 0 aliphatic heterocycles. The monoisotopic (exact) mass is 465 g/mol. The Kier molecular flexibility index (Phi) is 5.49. The summed E-state index contributed by atoms with van der Waals surface area (Å²) < 4.78 is 0.564. The molecule has 0 saturated carbocycles. The van der Waals surface area contributed by atoms with Crippen LogP contribution in [0.25, 0.3) is 0 Å².